The monoisotopic (exact) mass is 477 g/mol. The van der Waals surface area contributed by atoms with Gasteiger partial charge in [0.2, 0.25) is 5.91 Å². The Kier molecular flexibility index (Phi) is 7.59. The van der Waals surface area contributed by atoms with Crippen LogP contribution in [0.3, 0.4) is 0 Å². The number of hydrogen-bond acceptors (Lipinski definition) is 5. The van der Waals surface area contributed by atoms with E-state index in [0.717, 1.165) is 16.9 Å². The van der Waals surface area contributed by atoms with E-state index in [9.17, 15) is 9.59 Å². The average molecular weight is 478 g/mol. The van der Waals surface area contributed by atoms with Gasteiger partial charge in [-0.25, -0.2) is 4.79 Å². The molecule has 1 fully saturated rings. The minimum atomic E-state index is -0.629. The normalized spacial score (nSPS) is 17.2. The Labute approximate surface area is 203 Å². The van der Waals surface area contributed by atoms with Gasteiger partial charge in [-0.1, -0.05) is 54.6 Å². The van der Waals surface area contributed by atoms with E-state index in [1.54, 1.807) is 43.0 Å². The summed E-state index contributed by atoms with van der Waals surface area (Å²) in [4.78, 5) is 28.3. The van der Waals surface area contributed by atoms with Crippen LogP contribution < -0.4 is 20.1 Å². The molecule has 34 heavy (non-hydrogen) atoms. The quantitative estimate of drug-likeness (QED) is 0.517. The molecular weight excluding hydrogens is 450 g/mol. The van der Waals surface area contributed by atoms with Gasteiger partial charge in [-0.15, -0.1) is 11.8 Å². The molecule has 8 heteroatoms. The molecule has 1 aliphatic heterocycles. The SMILES string of the molecule is COc1cccc(CNC(=O)C2CSC(c3ccccc3)N2C(=O)Nc2ccccc2OC)c1. The highest BCUT2D eigenvalue weighted by Crippen LogP contribution is 2.42. The van der Waals surface area contributed by atoms with Crippen LogP contribution in [-0.4, -0.2) is 42.9 Å². The van der Waals surface area contributed by atoms with Crippen LogP contribution in [0.15, 0.2) is 78.9 Å². The second-order valence-electron chi connectivity index (χ2n) is 7.72. The fourth-order valence-electron chi connectivity index (χ4n) is 3.85. The minimum Gasteiger partial charge on any atom is -0.497 e. The number of hydrogen-bond donors (Lipinski definition) is 2. The number of carbonyl (C=O) groups is 2. The smallest absolute Gasteiger partial charge is 0.323 e. The summed E-state index contributed by atoms with van der Waals surface area (Å²) >= 11 is 1.57. The molecule has 0 bridgehead atoms. The van der Waals surface area contributed by atoms with Crippen molar-refractivity contribution in [3.05, 3.63) is 90.0 Å². The van der Waals surface area contributed by atoms with Crippen LogP contribution in [0.4, 0.5) is 10.5 Å². The van der Waals surface area contributed by atoms with Gasteiger partial charge in [0.25, 0.3) is 0 Å². The Morgan fingerprint density at radius 1 is 0.971 bits per heavy atom. The van der Waals surface area contributed by atoms with Crippen molar-refractivity contribution in [2.24, 2.45) is 0 Å². The van der Waals surface area contributed by atoms with E-state index in [4.69, 9.17) is 9.47 Å². The van der Waals surface area contributed by atoms with Gasteiger partial charge in [0.15, 0.2) is 0 Å². The molecule has 1 saturated heterocycles. The van der Waals surface area contributed by atoms with E-state index >= 15 is 0 Å². The highest BCUT2D eigenvalue weighted by Gasteiger charge is 2.42. The summed E-state index contributed by atoms with van der Waals surface area (Å²) in [5.74, 6) is 1.56. The number of ether oxygens (including phenoxy) is 2. The van der Waals surface area contributed by atoms with Crippen molar-refractivity contribution < 1.29 is 19.1 Å². The van der Waals surface area contributed by atoms with E-state index in [-0.39, 0.29) is 17.3 Å². The van der Waals surface area contributed by atoms with E-state index in [1.165, 1.54) is 0 Å². The summed E-state index contributed by atoms with van der Waals surface area (Å²) in [5, 5.41) is 5.62. The summed E-state index contributed by atoms with van der Waals surface area (Å²) < 4.78 is 10.6. The van der Waals surface area contributed by atoms with E-state index in [0.29, 0.717) is 23.7 Å². The molecule has 3 aromatic rings. The van der Waals surface area contributed by atoms with Gasteiger partial charge >= 0.3 is 6.03 Å². The van der Waals surface area contributed by atoms with Crippen molar-refractivity contribution in [1.29, 1.82) is 0 Å². The zero-order valence-electron chi connectivity index (χ0n) is 19.1. The number of urea groups is 1. The van der Waals surface area contributed by atoms with Crippen molar-refractivity contribution >= 4 is 29.4 Å². The number of rotatable bonds is 7. The number of methoxy groups -OCH3 is 2. The highest BCUT2D eigenvalue weighted by atomic mass is 32.2. The van der Waals surface area contributed by atoms with Gasteiger partial charge in [-0.05, 0) is 35.4 Å². The van der Waals surface area contributed by atoms with E-state index < -0.39 is 6.04 Å². The van der Waals surface area contributed by atoms with Crippen molar-refractivity contribution in [3.8, 4) is 11.5 Å². The van der Waals surface area contributed by atoms with Crippen molar-refractivity contribution in [2.45, 2.75) is 18.0 Å². The first-order valence-electron chi connectivity index (χ1n) is 10.9. The number of anilines is 1. The summed E-state index contributed by atoms with van der Waals surface area (Å²) in [6.45, 7) is 0.342. The molecule has 3 amide bonds. The van der Waals surface area contributed by atoms with Gasteiger partial charge < -0.3 is 20.1 Å². The molecular formula is C26H27N3O4S. The lowest BCUT2D eigenvalue weighted by Gasteiger charge is -2.29. The number of amides is 3. The van der Waals surface area contributed by atoms with Crippen LogP contribution in [0.5, 0.6) is 11.5 Å². The number of thioether (sulfide) groups is 1. The zero-order chi connectivity index (χ0) is 23.9. The maximum Gasteiger partial charge on any atom is 0.323 e. The first kappa shape index (κ1) is 23.5. The second-order valence-corrected chi connectivity index (χ2v) is 8.83. The predicted octanol–water partition coefficient (Wildman–Crippen LogP) is 4.67. The summed E-state index contributed by atoms with van der Waals surface area (Å²) in [6.07, 6.45) is 0. The van der Waals surface area contributed by atoms with Crippen LogP contribution in [-0.2, 0) is 11.3 Å². The minimum absolute atomic E-state index is 0.205. The van der Waals surface area contributed by atoms with Crippen LogP contribution in [0.1, 0.15) is 16.5 Å². The summed E-state index contributed by atoms with van der Waals surface area (Å²) in [6, 6.07) is 23.5. The molecule has 0 aliphatic carbocycles. The molecule has 0 aromatic heterocycles. The van der Waals surface area contributed by atoms with Crippen molar-refractivity contribution in [3.63, 3.8) is 0 Å². The van der Waals surface area contributed by atoms with Crippen LogP contribution in [0.25, 0.3) is 0 Å². The lowest BCUT2D eigenvalue weighted by Crippen LogP contribution is -2.49. The molecule has 0 spiro atoms. The number of benzene rings is 3. The molecule has 0 radical (unpaired) electrons. The molecule has 0 saturated carbocycles. The Hall–Kier alpha value is -3.65. The molecule has 2 atom stereocenters. The fraction of sp³-hybridized carbons (Fsp3) is 0.231. The molecule has 7 nitrogen and oxygen atoms in total. The average Bonchev–Trinajstić information content (AvgIpc) is 3.34. The van der Waals surface area contributed by atoms with Gasteiger partial charge in [0.1, 0.15) is 22.9 Å². The maximum absolute atomic E-state index is 13.5. The Bertz CT molecular complexity index is 1140. The molecule has 1 heterocycles. The van der Waals surface area contributed by atoms with Crippen LogP contribution in [0.2, 0.25) is 0 Å². The van der Waals surface area contributed by atoms with Crippen molar-refractivity contribution in [2.75, 3.05) is 25.3 Å². The Morgan fingerprint density at radius 3 is 2.50 bits per heavy atom. The van der Waals surface area contributed by atoms with Gasteiger partial charge in [-0.3, -0.25) is 9.69 Å². The standard InChI is InChI=1S/C26H27N3O4S/c1-32-20-12-8-9-18(15-20)16-27-24(30)22-17-34-25(19-10-4-3-5-11-19)29(22)26(31)28-21-13-6-7-14-23(21)33-2/h3-15,22,25H,16-17H2,1-2H3,(H,27,30)(H,28,31). The zero-order valence-corrected chi connectivity index (χ0v) is 19.9. The van der Waals surface area contributed by atoms with E-state index in [2.05, 4.69) is 10.6 Å². The Balaban J connectivity index is 1.55. The van der Waals surface area contributed by atoms with Gasteiger partial charge in [0, 0.05) is 12.3 Å². The molecule has 1 aliphatic rings. The number of carbonyl (C=O) groups excluding carboxylic acids is 2. The lowest BCUT2D eigenvalue weighted by atomic mass is 10.1. The summed E-state index contributed by atoms with van der Waals surface area (Å²) in [7, 11) is 3.16. The molecule has 4 rings (SSSR count). The molecule has 176 valence electrons. The topological polar surface area (TPSA) is 79.9 Å². The number of nitrogens with one attached hydrogen (secondary N) is 2. The molecule has 2 unspecified atom stereocenters. The largest absolute Gasteiger partial charge is 0.497 e. The third-order valence-corrected chi connectivity index (χ3v) is 6.89. The molecule has 3 aromatic carbocycles. The third kappa shape index (κ3) is 5.28. The Morgan fingerprint density at radius 2 is 1.74 bits per heavy atom. The second kappa shape index (κ2) is 11.0. The van der Waals surface area contributed by atoms with E-state index in [1.807, 2.05) is 66.7 Å². The highest BCUT2D eigenvalue weighted by molar-refractivity contribution is 7.99. The maximum atomic E-state index is 13.5. The number of nitrogens with zero attached hydrogens (tertiary/aromatic N) is 1. The van der Waals surface area contributed by atoms with Crippen LogP contribution in [0, 0.1) is 0 Å². The third-order valence-electron chi connectivity index (χ3n) is 5.57. The predicted molar refractivity (Wildman–Crippen MR) is 134 cm³/mol. The van der Waals surface area contributed by atoms with Crippen LogP contribution >= 0.6 is 11.8 Å². The van der Waals surface area contributed by atoms with Gasteiger partial charge in [-0.2, -0.15) is 0 Å². The number of para-hydroxylation sites is 2. The lowest BCUT2D eigenvalue weighted by molar-refractivity contribution is -0.124. The van der Waals surface area contributed by atoms with Gasteiger partial charge in [0.05, 0.1) is 19.9 Å². The summed E-state index contributed by atoms with van der Waals surface area (Å²) in [5.41, 5.74) is 2.43. The first-order valence-corrected chi connectivity index (χ1v) is 11.9. The molecule has 2 N–H and O–H groups in total. The van der Waals surface area contributed by atoms with Crippen molar-refractivity contribution in [1.82, 2.24) is 10.2 Å². The fourth-order valence-corrected chi connectivity index (χ4v) is 5.28. The first-order chi connectivity index (χ1) is 16.6.